The molecule has 8 heavy (non-hydrogen) atoms. The fourth-order valence-electron chi connectivity index (χ4n) is 1.10. The van der Waals surface area contributed by atoms with Gasteiger partial charge in [-0.3, -0.25) is 0 Å². The van der Waals surface area contributed by atoms with Crippen LogP contribution < -0.4 is 0 Å². The third-order valence-electron chi connectivity index (χ3n) is 1.20. The Bertz CT molecular complexity index is 87.0. The van der Waals surface area contributed by atoms with Crippen LogP contribution in [0.1, 0.15) is 13.8 Å². The summed E-state index contributed by atoms with van der Waals surface area (Å²) in [5.41, 5.74) is 0.632. The van der Waals surface area contributed by atoms with Gasteiger partial charge >= 0.3 is 67.4 Å². The van der Waals surface area contributed by atoms with Crippen molar-refractivity contribution in [3.8, 4) is 0 Å². The molecular formula is C5H10Br2Se. The van der Waals surface area contributed by atoms with Crippen LogP contribution in [0.4, 0.5) is 0 Å². The quantitative estimate of drug-likeness (QED) is 0.603. The van der Waals surface area contributed by atoms with Gasteiger partial charge in [-0.1, -0.05) is 0 Å². The first-order valence-electron chi connectivity index (χ1n) is 2.59. The van der Waals surface area contributed by atoms with Gasteiger partial charge in [-0.2, -0.15) is 0 Å². The van der Waals surface area contributed by atoms with Gasteiger partial charge in [-0.15, -0.1) is 0 Å². The topological polar surface area (TPSA) is 0 Å². The van der Waals surface area contributed by atoms with Crippen molar-refractivity contribution in [2.24, 2.45) is 5.41 Å². The number of rotatable bonds is 0. The van der Waals surface area contributed by atoms with Gasteiger partial charge in [0.1, 0.15) is 0 Å². The van der Waals surface area contributed by atoms with E-state index in [0.717, 1.165) is 0 Å². The maximum atomic E-state index is 3.71. The zero-order valence-electron chi connectivity index (χ0n) is 5.08. The number of hydrogen-bond donors (Lipinski definition) is 0. The van der Waals surface area contributed by atoms with Crippen molar-refractivity contribution < 1.29 is 0 Å². The van der Waals surface area contributed by atoms with Crippen LogP contribution >= 0.6 is 28.2 Å². The molecule has 50 valence electrons. The molecule has 0 aromatic rings. The minimum atomic E-state index is -1.12. The summed E-state index contributed by atoms with van der Waals surface area (Å²) in [5, 5.41) is 2.78. The molecule has 1 saturated heterocycles. The average Bonchev–Trinajstić information content (AvgIpc) is 1.20. The van der Waals surface area contributed by atoms with Crippen molar-refractivity contribution in [3.63, 3.8) is 0 Å². The third kappa shape index (κ3) is 1.73. The molecule has 0 unspecified atom stereocenters. The van der Waals surface area contributed by atoms with Crippen LogP contribution in [-0.2, 0) is 0 Å². The Balaban J connectivity index is 2.42. The zero-order valence-corrected chi connectivity index (χ0v) is 9.96. The molecule has 0 nitrogen and oxygen atoms in total. The molecule has 0 N–H and O–H groups in total. The SMILES string of the molecule is CC1(C)C[Se](Br)(Br)C1. The molecule has 0 aromatic carbocycles. The summed E-state index contributed by atoms with van der Waals surface area (Å²) in [6.45, 7) is 4.65. The van der Waals surface area contributed by atoms with Gasteiger partial charge in [0.05, 0.1) is 0 Å². The van der Waals surface area contributed by atoms with Gasteiger partial charge in [-0.05, 0) is 0 Å². The van der Waals surface area contributed by atoms with Gasteiger partial charge in [0.25, 0.3) is 0 Å². The van der Waals surface area contributed by atoms with Crippen LogP contribution in [0.25, 0.3) is 0 Å². The summed E-state index contributed by atoms with van der Waals surface area (Å²) in [4.78, 5) is 0. The fraction of sp³-hybridized carbons (Fsp3) is 1.00. The molecule has 0 atom stereocenters. The summed E-state index contributed by atoms with van der Waals surface area (Å²) in [6, 6.07) is 0. The van der Waals surface area contributed by atoms with E-state index in [9.17, 15) is 0 Å². The summed E-state index contributed by atoms with van der Waals surface area (Å²) in [7, 11) is -1.12. The van der Waals surface area contributed by atoms with E-state index in [1.807, 2.05) is 0 Å². The molecule has 0 spiro atoms. The molecule has 0 saturated carbocycles. The second kappa shape index (κ2) is 1.98. The van der Waals surface area contributed by atoms with E-state index in [2.05, 4.69) is 42.1 Å². The van der Waals surface area contributed by atoms with Crippen LogP contribution in [0.5, 0.6) is 0 Å². The van der Waals surface area contributed by atoms with Crippen molar-refractivity contribution in [1.82, 2.24) is 0 Å². The minimum absolute atomic E-state index is 0.632. The monoisotopic (exact) mass is 308 g/mol. The molecule has 3 heteroatoms. The molecule has 0 radical (unpaired) electrons. The van der Waals surface area contributed by atoms with E-state index in [4.69, 9.17) is 0 Å². The Morgan fingerprint density at radius 3 is 1.62 bits per heavy atom. The first-order valence-corrected chi connectivity index (χ1v) is 13.0. The number of hydrogen-bond acceptors (Lipinski definition) is 0. The number of halogens is 2. The second-order valence-electron chi connectivity index (χ2n) is 3.15. The second-order valence-corrected chi connectivity index (χ2v) is 24.7. The molecule has 1 aliphatic rings. The van der Waals surface area contributed by atoms with Crippen LogP contribution in [-0.4, -0.2) is 9.23 Å². The third-order valence-corrected chi connectivity index (χ3v) is 11.0. The van der Waals surface area contributed by atoms with Gasteiger partial charge in [0.15, 0.2) is 0 Å². The van der Waals surface area contributed by atoms with Crippen molar-refractivity contribution in [2.45, 2.75) is 24.5 Å². The molecule has 0 amide bonds. The fourth-order valence-corrected chi connectivity index (χ4v) is 18.6. The Morgan fingerprint density at radius 1 is 1.25 bits per heavy atom. The van der Waals surface area contributed by atoms with E-state index in [0.29, 0.717) is 5.41 Å². The molecular weight excluding hydrogens is 299 g/mol. The van der Waals surface area contributed by atoms with Crippen molar-refractivity contribution >= 4 is 37.4 Å². The average molecular weight is 309 g/mol. The van der Waals surface area contributed by atoms with Crippen LogP contribution in [0.2, 0.25) is 10.6 Å². The Labute approximate surface area is 67.0 Å². The standard InChI is InChI=1S/C5H10Br2Se/c1-5(2)3-8(6,7)4-5/h3-4H2,1-2H3. The predicted molar refractivity (Wildman–Crippen MR) is 47.0 cm³/mol. The molecule has 1 fully saturated rings. The Hall–Kier alpha value is 1.48. The van der Waals surface area contributed by atoms with E-state index >= 15 is 0 Å². The van der Waals surface area contributed by atoms with E-state index in [1.54, 1.807) is 0 Å². The van der Waals surface area contributed by atoms with Crippen molar-refractivity contribution in [3.05, 3.63) is 0 Å². The van der Waals surface area contributed by atoms with Crippen molar-refractivity contribution in [2.75, 3.05) is 0 Å². The molecule has 1 rings (SSSR count). The van der Waals surface area contributed by atoms with Gasteiger partial charge in [0.2, 0.25) is 0 Å². The van der Waals surface area contributed by atoms with Crippen LogP contribution in [0.3, 0.4) is 0 Å². The molecule has 1 heterocycles. The predicted octanol–water partition coefficient (Wildman–Crippen LogP) is 3.26. The summed E-state index contributed by atoms with van der Waals surface area (Å²) >= 11 is 7.43. The van der Waals surface area contributed by atoms with Gasteiger partial charge in [-0.25, -0.2) is 0 Å². The van der Waals surface area contributed by atoms with E-state index in [-0.39, 0.29) is 0 Å². The summed E-state index contributed by atoms with van der Waals surface area (Å²) in [5.74, 6) is 0. The van der Waals surface area contributed by atoms with Gasteiger partial charge in [0, 0.05) is 0 Å². The molecule has 0 bridgehead atoms. The normalized spacial score (nSPS) is 35.5. The summed E-state index contributed by atoms with van der Waals surface area (Å²) < 4.78 is 0. The Morgan fingerprint density at radius 2 is 1.62 bits per heavy atom. The molecule has 0 aliphatic carbocycles. The van der Waals surface area contributed by atoms with E-state index in [1.165, 1.54) is 10.6 Å². The van der Waals surface area contributed by atoms with E-state index < -0.39 is 9.23 Å². The molecule has 0 aromatic heterocycles. The molecule has 1 aliphatic heterocycles. The first-order chi connectivity index (χ1) is 3.41. The zero-order chi connectivity index (χ0) is 6.41. The summed E-state index contributed by atoms with van der Waals surface area (Å²) in [6.07, 6.45) is 0. The first kappa shape index (κ1) is 7.58. The van der Waals surface area contributed by atoms with Crippen molar-refractivity contribution in [1.29, 1.82) is 0 Å². The Kier molecular flexibility index (Phi) is 1.88. The van der Waals surface area contributed by atoms with Crippen LogP contribution in [0, 0.1) is 5.41 Å². The van der Waals surface area contributed by atoms with Gasteiger partial charge < -0.3 is 0 Å². The maximum absolute atomic E-state index is 3.71. The van der Waals surface area contributed by atoms with Crippen LogP contribution in [0.15, 0.2) is 0 Å².